The highest BCUT2D eigenvalue weighted by molar-refractivity contribution is 5.92. The Kier molecular flexibility index (Phi) is 5.96. The van der Waals surface area contributed by atoms with Crippen molar-refractivity contribution in [3.05, 3.63) is 47.3 Å². The molecule has 6 heteroatoms. The molecule has 1 amide bonds. The molecule has 1 aromatic heterocycles. The highest BCUT2D eigenvalue weighted by atomic mass is 16.4. The summed E-state index contributed by atoms with van der Waals surface area (Å²) in [6.45, 7) is 7.83. The van der Waals surface area contributed by atoms with Crippen LogP contribution in [0.4, 0.5) is 5.69 Å². The molecular weight excluding hydrogens is 318 g/mol. The third-order valence-corrected chi connectivity index (χ3v) is 4.20. The van der Waals surface area contributed by atoms with E-state index in [2.05, 4.69) is 10.4 Å². The summed E-state index contributed by atoms with van der Waals surface area (Å²) in [7, 11) is 0. The molecule has 0 aliphatic rings. The van der Waals surface area contributed by atoms with Crippen LogP contribution in [0.5, 0.6) is 0 Å². The van der Waals surface area contributed by atoms with Crippen LogP contribution < -0.4 is 5.32 Å². The topological polar surface area (TPSA) is 84.2 Å². The second-order valence-corrected chi connectivity index (χ2v) is 6.54. The van der Waals surface area contributed by atoms with Gasteiger partial charge in [-0.3, -0.25) is 14.3 Å². The fourth-order valence-electron chi connectivity index (χ4n) is 3.00. The second kappa shape index (κ2) is 7.96. The lowest BCUT2D eigenvalue weighted by molar-refractivity contribution is -0.137. The number of amides is 1. The lowest BCUT2D eigenvalue weighted by Crippen LogP contribution is -2.18. The molecule has 2 rings (SSSR count). The number of aromatic nitrogens is 2. The van der Waals surface area contributed by atoms with Crippen molar-refractivity contribution in [3.8, 4) is 0 Å². The summed E-state index contributed by atoms with van der Waals surface area (Å²) in [4.78, 5) is 23.7. The van der Waals surface area contributed by atoms with Crippen LogP contribution in [0.2, 0.25) is 0 Å². The normalized spacial score (nSPS) is 12.2. The predicted octanol–water partition coefficient (Wildman–Crippen LogP) is 3.67. The Hall–Kier alpha value is -2.63. The SMILES string of the molecule is Cc1nn(C(C)C)c(C)c1NC(=O)C[C@H](CC(=O)O)c1ccccc1. The van der Waals surface area contributed by atoms with Crippen molar-refractivity contribution in [2.24, 2.45) is 0 Å². The quantitative estimate of drug-likeness (QED) is 0.803. The Morgan fingerprint density at radius 3 is 2.32 bits per heavy atom. The Bertz CT molecular complexity index is 751. The van der Waals surface area contributed by atoms with Gasteiger partial charge in [0.1, 0.15) is 0 Å². The lowest BCUT2D eigenvalue weighted by Gasteiger charge is -2.15. The molecule has 0 saturated heterocycles. The van der Waals surface area contributed by atoms with E-state index in [1.807, 2.05) is 62.7 Å². The van der Waals surface area contributed by atoms with Gasteiger partial charge in [0.05, 0.1) is 23.5 Å². The number of hydrogen-bond acceptors (Lipinski definition) is 3. The first-order valence-electron chi connectivity index (χ1n) is 8.41. The molecule has 0 radical (unpaired) electrons. The van der Waals surface area contributed by atoms with Crippen molar-refractivity contribution in [2.75, 3.05) is 5.32 Å². The maximum absolute atomic E-state index is 12.5. The average Bonchev–Trinajstić information content (AvgIpc) is 2.83. The summed E-state index contributed by atoms with van der Waals surface area (Å²) in [5.74, 6) is -1.48. The van der Waals surface area contributed by atoms with Gasteiger partial charge in [-0.15, -0.1) is 0 Å². The minimum absolute atomic E-state index is 0.0827. The minimum Gasteiger partial charge on any atom is -0.481 e. The van der Waals surface area contributed by atoms with E-state index in [-0.39, 0.29) is 30.7 Å². The number of carboxylic acids is 1. The number of aryl methyl sites for hydroxylation is 1. The molecule has 1 atom stereocenters. The number of carboxylic acid groups (broad SMARTS) is 1. The number of carbonyl (C=O) groups is 2. The first kappa shape index (κ1) is 18.7. The molecule has 0 saturated carbocycles. The largest absolute Gasteiger partial charge is 0.481 e. The molecular formula is C19H25N3O3. The zero-order valence-electron chi connectivity index (χ0n) is 15.1. The Morgan fingerprint density at radius 2 is 1.80 bits per heavy atom. The van der Waals surface area contributed by atoms with Crippen molar-refractivity contribution in [1.29, 1.82) is 0 Å². The molecule has 2 aromatic rings. The summed E-state index contributed by atoms with van der Waals surface area (Å²) < 4.78 is 1.87. The standard InChI is InChI=1S/C19H25N3O3/c1-12(2)22-14(4)19(13(3)21-22)20-17(23)10-16(11-18(24)25)15-8-6-5-7-9-15/h5-9,12,16H,10-11H2,1-4H3,(H,20,23)(H,24,25)/t16-/m1/s1. The van der Waals surface area contributed by atoms with Crippen molar-refractivity contribution < 1.29 is 14.7 Å². The average molecular weight is 343 g/mol. The minimum atomic E-state index is -0.915. The van der Waals surface area contributed by atoms with Gasteiger partial charge in [-0.05, 0) is 33.3 Å². The molecule has 0 aliphatic carbocycles. The highest BCUT2D eigenvalue weighted by Gasteiger charge is 2.21. The van der Waals surface area contributed by atoms with Crippen LogP contribution in [0.25, 0.3) is 0 Å². The molecule has 134 valence electrons. The lowest BCUT2D eigenvalue weighted by atomic mass is 9.92. The zero-order valence-corrected chi connectivity index (χ0v) is 15.1. The number of carbonyl (C=O) groups excluding carboxylic acids is 1. The number of nitrogens with zero attached hydrogens (tertiary/aromatic N) is 2. The van der Waals surface area contributed by atoms with Crippen LogP contribution in [-0.2, 0) is 9.59 Å². The predicted molar refractivity (Wildman–Crippen MR) is 96.8 cm³/mol. The van der Waals surface area contributed by atoms with Crippen molar-refractivity contribution in [3.63, 3.8) is 0 Å². The summed E-state index contributed by atoms with van der Waals surface area (Å²) in [6.07, 6.45) is 0.0305. The monoisotopic (exact) mass is 343 g/mol. The van der Waals surface area contributed by atoms with Crippen LogP contribution in [0.15, 0.2) is 30.3 Å². The van der Waals surface area contributed by atoms with E-state index in [4.69, 9.17) is 5.11 Å². The van der Waals surface area contributed by atoms with E-state index < -0.39 is 5.97 Å². The third kappa shape index (κ3) is 4.68. The van der Waals surface area contributed by atoms with Gasteiger partial charge < -0.3 is 10.4 Å². The maximum Gasteiger partial charge on any atom is 0.303 e. The molecule has 0 unspecified atom stereocenters. The van der Waals surface area contributed by atoms with Gasteiger partial charge in [-0.25, -0.2) is 0 Å². The van der Waals surface area contributed by atoms with Gasteiger partial charge in [-0.1, -0.05) is 30.3 Å². The molecule has 1 aromatic carbocycles. The van der Waals surface area contributed by atoms with Crippen LogP contribution in [0.1, 0.15) is 55.6 Å². The Labute approximate surface area is 147 Å². The Morgan fingerprint density at radius 1 is 1.16 bits per heavy atom. The van der Waals surface area contributed by atoms with E-state index in [1.54, 1.807) is 0 Å². The van der Waals surface area contributed by atoms with E-state index >= 15 is 0 Å². The van der Waals surface area contributed by atoms with E-state index in [1.165, 1.54) is 0 Å². The van der Waals surface area contributed by atoms with Gasteiger partial charge in [0.15, 0.2) is 0 Å². The van der Waals surface area contributed by atoms with Gasteiger partial charge in [-0.2, -0.15) is 5.10 Å². The van der Waals surface area contributed by atoms with Crippen LogP contribution in [-0.4, -0.2) is 26.8 Å². The van der Waals surface area contributed by atoms with Crippen LogP contribution >= 0.6 is 0 Å². The number of nitrogens with one attached hydrogen (secondary N) is 1. The molecule has 2 N–H and O–H groups in total. The first-order valence-corrected chi connectivity index (χ1v) is 8.41. The van der Waals surface area contributed by atoms with Crippen molar-refractivity contribution in [2.45, 2.75) is 52.5 Å². The molecule has 0 aliphatic heterocycles. The van der Waals surface area contributed by atoms with E-state index in [0.29, 0.717) is 5.69 Å². The summed E-state index contributed by atoms with van der Waals surface area (Å²) in [5, 5.41) is 16.5. The number of rotatable bonds is 7. The van der Waals surface area contributed by atoms with Crippen LogP contribution in [0.3, 0.4) is 0 Å². The Balaban J connectivity index is 2.16. The first-order chi connectivity index (χ1) is 11.8. The van der Waals surface area contributed by atoms with Crippen molar-refractivity contribution >= 4 is 17.6 Å². The van der Waals surface area contributed by atoms with E-state index in [0.717, 1.165) is 17.0 Å². The third-order valence-electron chi connectivity index (χ3n) is 4.20. The van der Waals surface area contributed by atoms with Gasteiger partial charge in [0, 0.05) is 18.4 Å². The number of benzene rings is 1. The van der Waals surface area contributed by atoms with E-state index in [9.17, 15) is 9.59 Å². The summed E-state index contributed by atoms with van der Waals surface area (Å²) in [5.41, 5.74) is 3.22. The molecule has 0 bridgehead atoms. The highest BCUT2D eigenvalue weighted by Crippen LogP contribution is 2.26. The van der Waals surface area contributed by atoms with Crippen LogP contribution in [0, 0.1) is 13.8 Å². The second-order valence-electron chi connectivity index (χ2n) is 6.54. The molecule has 25 heavy (non-hydrogen) atoms. The fraction of sp³-hybridized carbons (Fsp3) is 0.421. The van der Waals surface area contributed by atoms with Crippen molar-refractivity contribution in [1.82, 2.24) is 9.78 Å². The zero-order chi connectivity index (χ0) is 18.6. The maximum atomic E-state index is 12.5. The molecule has 1 heterocycles. The smallest absolute Gasteiger partial charge is 0.303 e. The summed E-state index contributed by atoms with van der Waals surface area (Å²) >= 11 is 0. The van der Waals surface area contributed by atoms with Gasteiger partial charge >= 0.3 is 5.97 Å². The number of hydrogen-bond donors (Lipinski definition) is 2. The number of aliphatic carboxylic acids is 1. The fourth-order valence-corrected chi connectivity index (χ4v) is 3.00. The molecule has 6 nitrogen and oxygen atoms in total. The molecule has 0 spiro atoms. The van der Waals surface area contributed by atoms with Gasteiger partial charge in [0.2, 0.25) is 5.91 Å². The molecule has 0 fully saturated rings. The summed E-state index contributed by atoms with van der Waals surface area (Å²) in [6, 6.07) is 9.48. The van der Waals surface area contributed by atoms with Gasteiger partial charge in [0.25, 0.3) is 0 Å². The number of anilines is 1.